The number of benzene rings is 1. The molecule has 0 saturated heterocycles. The van der Waals surface area contributed by atoms with Crippen LogP contribution in [0.3, 0.4) is 0 Å². The van der Waals surface area contributed by atoms with Crippen LogP contribution in [-0.4, -0.2) is 40.9 Å². The van der Waals surface area contributed by atoms with E-state index in [0.717, 1.165) is 5.56 Å². The number of pyridine rings is 1. The summed E-state index contributed by atoms with van der Waals surface area (Å²) < 4.78 is 24.0. The second kappa shape index (κ2) is 8.97. The number of hydrogen-bond donors (Lipinski definition) is 2. The minimum absolute atomic E-state index is 0.0705. The van der Waals surface area contributed by atoms with Gasteiger partial charge in [0, 0.05) is 6.20 Å². The van der Waals surface area contributed by atoms with Gasteiger partial charge in [0.1, 0.15) is 4.75 Å². The molecule has 1 aromatic carbocycles. The van der Waals surface area contributed by atoms with Crippen molar-refractivity contribution < 1.29 is 23.1 Å². The van der Waals surface area contributed by atoms with Crippen LogP contribution in [0.25, 0.3) is 0 Å². The molecule has 28 heavy (non-hydrogen) atoms. The van der Waals surface area contributed by atoms with E-state index in [1.807, 2.05) is 0 Å². The third-order valence-electron chi connectivity index (χ3n) is 4.58. The van der Waals surface area contributed by atoms with Crippen molar-refractivity contribution in [3.63, 3.8) is 0 Å². The third kappa shape index (κ3) is 5.39. The van der Waals surface area contributed by atoms with Crippen LogP contribution < -0.4 is 5.32 Å². The van der Waals surface area contributed by atoms with Crippen molar-refractivity contribution in [3.8, 4) is 0 Å². The maximum absolute atomic E-state index is 12.9. The summed E-state index contributed by atoms with van der Waals surface area (Å²) in [7, 11) is -4.04. The van der Waals surface area contributed by atoms with Crippen LogP contribution in [0.15, 0.2) is 54.7 Å². The molecular weight excluding hydrogens is 380 g/mol. The molecule has 7 nitrogen and oxygen atoms in total. The van der Waals surface area contributed by atoms with Crippen LogP contribution in [0.4, 0.5) is 0 Å². The fraction of sp³-hybridized carbons (Fsp3) is 0.350. The van der Waals surface area contributed by atoms with Gasteiger partial charge in [-0.1, -0.05) is 36.4 Å². The van der Waals surface area contributed by atoms with Crippen molar-refractivity contribution in [1.82, 2.24) is 10.3 Å². The van der Waals surface area contributed by atoms with Crippen LogP contribution in [0.2, 0.25) is 0 Å². The van der Waals surface area contributed by atoms with E-state index in [2.05, 4.69) is 10.3 Å². The number of carbonyl (C=O) groups is 2. The predicted octanol–water partition coefficient (Wildman–Crippen LogP) is 1.83. The van der Waals surface area contributed by atoms with Crippen LogP contribution in [-0.2, 0) is 32.4 Å². The molecule has 150 valence electrons. The largest absolute Gasteiger partial charge is 0.481 e. The molecule has 0 bridgehead atoms. The first-order valence-corrected chi connectivity index (χ1v) is 10.5. The Labute approximate surface area is 164 Å². The molecule has 2 aromatic rings. The molecule has 8 heteroatoms. The van der Waals surface area contributed by atoms with Crippen molar-refractivity contribution in [3.05, 3.63) is 66.0 Å². The second-order valence-electron chi connectivity index (χ2n) is 7.02. The van der Waals surface area contributed by atoms with Gasteiger partial charge in [0.25, 0.3) is 0 Å². The van der Waals surface area contributed by atoms with Gasteiger partial charge in [0.05, 0.1) is 23.9 Å². The Morgan fingerprint density at radius 3 is 2.32 bits per heavy atom. The first kappa shape index (κ1) is 21.6. The summed E-state index contributed by atoms with van der Waals surface area (Å²) in [4.78, 5) is 28.2. The zero-order valence-electron chi connectivity index (χ0n) is 15.8. The summed E-state index contributed by atoms with van der Waals surface area (Å²) in [5.41, 5.74) is 1.32. The van der Waals surface area contributed by atoms with Crippen LogP contribution in [0.1, 0.15) is 25.1 Å². The molecule has 0 aliphatic carbocycles. The normalized spacial score (nSPS) is 12.9. The summed E-state index contributed by atoms with van der Waals surface area (Å²) in [5.74, 6) is -3.67. The number of aliphatic carboxylic acids is 1. The monoisotopic (exact) mass is 404 g/mol. The highest BCUT2D eigenvalue weighted by molar-refractivity contribution is 7.93. The molecule has 1 heterocycles. The maximum Gasteiger partial charge on any atom is 0.307 e. The second-order valence-corrected chi connectivity index (χ2v) is 9.60. The van der Waals surface area contributed by atoms with Gasteiger partial charge in [-0.15, -0.1) is 0 Å². The van der Waals surface area contributed by atoms with Crippen molar-refractivity contribution >= 4 is 21.7 Å². The third-order valence-corrected chi connectivity index (χ3v) is 7.16. The first-order chi connectivity index (χ1) is 13.1. The zero-order chi connectivity index (χ0) is 20.8. The fourth-order valence-corrected chi connectivity index (χ4v) is 4.18. The maximum atomic E-state index is 12.9. The van der Waals surface area contributed by atoms with E-state index in [9.17, 15) is 23.1 Å². The van der Waals surface area contributed by atoms with Gasteiger partial charge in [-0.3, -0.25) is 14.6 Å². The standard InChI is InChI=1S/C20H24N2O5S/c1-20(2,19(25)22-13-17-10-6-7-11-21-17)28(26,27)14-16(18(23)24)12-15-8-4-3-5-9-15/h3-11,16H,12-14H2,1-2H3,(H,22,25)(H,23,24). The Hall–Kier alpha value is -2.74. The number of sulfone groups is 1. The molecule has 0 saturated carbocycles. The Morgan fingerprint density at radius 2 is 1.75 bits per heavy atom. The lowest BCUT2D eigenvalue weighted by Gasteiger charge is -2.25. The fourth-order valence-electron chi connectivity index (χ4n) is 2.62. The van der Waals surface area contributed by atoms with Crippen LogP contribution >= 0.6 is 0 Å². The van der Waals surface area contributed by atoms with E-state index in [1.165, 1.54) is 13.8 Å². The van der Waals surface area contributed by atoms with Gasteiger partial charge < -0.3 is 10.4 Å². The van der Waals surface area contributed by atoms with E-state index in [-0.39, 0.29) is 13.0 Å². The molecule has 0 aliphatic rings. The van der Waals surface area contributed by atoms with Gasteiger partial charge in [0.2, 0.25) is 5.91 Å². The molecule has 2 rings (SSSR count). The van der Waals surface area contributed by atoms with Crippen molar-refractivity contribution in [2.75, 3.05) is 5.75 Å². The molecule has 0 radical (unpaired) electrons. The lowest BCUT2D eigenvalue weighted by atomic mass is 10.0. The molecule has 1 atom stereocenters. The summed E-state index contributed by atoms with van der Waals surface area (Å²) in [5, 5.41) is 12.1. The van der Waals surface area contributed by atoms with Crippen molar-refractivity contribution in [1.29, 1.82) is 0 Å². The van der Waals surface area contributed by atoms with Gasteiger partial charge in [0.15, 0.2) is 9.84 Å². The highest BCUT2D eigenvalue weighted by Gasteiger charge is 2.43. The number of rotatable bonds is 9. The van der Waals surface area contributed by atoms with Crippen molar-refractivity contribution in [2.45, 2.75) is 31.6 Å². The van der Waals surface area contributed by atoms with Gasteiger partial charge in [-0.05, 0) is 38.0 Å². The predicted molar refractivity (Wildman–Crippen MR) is 105 cm³/mol. The molecule has 1 amide bonds. The van der Waals surface area contributed by atoms with E-state index in [0.29, 0.717) is 5.69 Å². The minimum atomic E-state index is -4.04. The van der Waals surface area contributed by atoms with Crippen LogP contribution in [0.5, 0.6) is 0 Å². The summed E-state index contributed by atoms with van der Waals surface area (Å²) >= 11 is 0. The SMILES string of the molecule is CC(C)(C(=O)NCc1ccccn1)S(=O)(=O)CC(Cc1ccccc1)C(=O)O. The van der Waals surface area contributed by atoms with E-state index in [4.69, 9.17) is 0 Å². The number of carboxylic acids is 1. The summed E-state index contributed by atoms with van der Waals surface area (Å²) in [6.45, 7) is 2.67. The molecule has 0 spiro atoms. The van der Waals surface area contributed by atoms with Gasteiger partial charge >= 0.3 is 5.97 Å². The summed E-state index contributed by atoms with van der Waals surface area (Å²) in [6.07, 6.45) is 1.64. The molecule has 1 aromatic heterocycles. The topological polar surface area (TPSA) is 113 Å². The molecule has 0 fully saturated rings. The van der Waals surface area contributed by atoms with Gasteiger partial charge in [-0.2, -0.15) is 0 Å². The van der Waals surface area contributed by atoms with Crippen LogP contribution in [0, 0.1) is 5.92 Å². The minimum Gasteiger partial charge on any atom is -0.481 e. The smallest absolute Gasteiger partial charge is 0.307 e. The Kier molecular flexibility index (Phi) is 6.90. The van der Waals surface area contributed by atoms with E-state index >= 15 is 0 Å². The average molecular weight is 404 g/mol. The number of nitrogens with one attached hydrogen (secondary N) is 1. The number of amides is 1. The van der Waals surface area contributed by atoms with E-state index < -0.39 is 38.1 Å². The number of aromatic nitrogens is 1. The molecule has 0 aliphatic heterocycles. The highest BCUT2D eigenvalue weighted by atomic mass is 32.2. The molecular formula is C20H24N2O5S. The Bertz CT molecular complexity index is 912. The van der Waals surface area contributed by atoms with E-state index in [1.54, 1.807) is 54.7 Å². The molecule has 2 N–H and O–H groups in total. The Balaban J connectivity index is 2.10. The number of hydrogen-bond acceptors (Lipinski definition) is 5. The number of nitrogens with zero attached hydrogens (tertiary/aromatic N) is 1. The first-order valence-electron chi connectivity index (χ1n) is 8.80. The number of carboxylic acid groups (broad SMARTS) is 1. The highest BCUT2D eigenvalue weighted by Crippen LogP contribution is 2.22. The molecule has 1 unspecified atom stereocenters. The quantitative estimate of drug-likeness (QED) is 0.659. The Morgan fingerprint density at radius 1 is 1.11 bits per heavy atom. The lowest BCUT2D eigenvalue weighted by molar-refractivity contribution is -0.141. The average Bonchev–Trinajstić information content (AvgIpc) is 2.66. The van der Waals surface area contributed by atoms with Gasteiger partial charge in [-0.25, -0.2) is 8.42 Å². The lowest BCUT2D eigenvalue weighted by Crippen LogP contribution is -2.50. The number of carbonyl (C=O) groups excluding carboxylic acids is 1. The zero-order valence-corrected chi connectivity index (χ0v) is 16.6. The van der Waals surface area contributed by atoms with Crippen molar-refractivity contribution in [2.24, 2.45) is 5.92 Å². The summed E-state index contributed by atoms with van der Waals surface area (Å²) in [6, 6.07) is 14.0.